The third kappa shape index (κ3) is 4.79. The predicted octanol–water partition coefficient (Wildman–Crippen LogP) is 3.77. The zero-order valence-corrected chi connectivity index (χ0v) is 15.6. The van der Waals surface area contributed by atoms with E-state index in [1.54, 1.807) is 32.9 Å². The van der Waals surface area contributed by atoms with Crippen molar-refractivity contribution in [1.29, 1.82) is 0 Å². The van der Waals surface area contributed by atoms with Crippen LogP contribution in [-0.2, 0) is 11.4 Å². The smallest absolute Gasteiger partial charge is 0.248 e. The first kappa shape index (κ1) is 19.8. The van der Waals surface area contributed by atoms with Gasteiger partial charge in [-0.25, -0.2) is 8.78 Å². The van der Waals surface area contributed by atoms with Gasteiger partial charge in [-0.05, 0) is 45.7 Å². The van der Waals surface area contributed by atoms with Gasteiger partial charge < -0.3 is 9.66 Å². The summed E-state index contributed by atoms with van der Waals surface area (Å²) < 4.78 is 41.8. The van der Waals surface area contributed by atoms with Gasteiger partial charge >= 0.3 is 0 Å². The molecule has 1 aliphatic rings. The summed E-state index contributed by atoms with van der Waals surface area (Å²) in [5.41, 5.74) is -1.06. The highest BCUT2D eigenvalue weighted by molar-refractivity contribution is 7.90. The quantitative estimate of drug-likeness (QED) is 0.780. The van der Waals surface area contributed by atoms with Gasteiger partial charge in [-0.15, -0.1) is 4.72 Å². The molecule has 1 aliphatic carbocycles. The summed E-state index contributed by atoms with van der Waals surface area (Å²) in [6, 6.07) is 2.30. The lowest BCUT2D eigenvalue weighted by atomic mass is 9.77. The van der Waals surface area contributed by atoms with Crippen molar-refractivity contribution in [3.8, 4) is 0 Å². The number of halogens is 3. The first-order chi connectivity index (χ1) is 10.9. The van der Waals surface area contributed by atoms with Gasteiger partial charge in [0, 0.05) is 35.4 Å². The van der Waals surface area contributed by atoms with Crippen LogP contribution in [0.3, 0.4) is 0 Å². The molecule has 2 rings (SSSR count). The third-order valence-electron chi connectivity index (χ3n) is 4.20. The van der Waals surface area contributed by atoms with E-state index in [4.69, 9.17) is 11.6 Å². The average Bonchev–Trinajstić information content (AvgIpc) is 2.47. The molecule has 24 heavy (non-hydrogen) atoms. The van der Waals surface area contributed by atoms with Crippen LogP contribution in [-0.4, -0.2) is 30.9 Å². The fourth-order valence-corrected chi connectivity index (χ4v) is 3.72. The fourth-order valence-electron chi connectivity index (χ4n) is 2.65. The number of nitrogens with one attached hydrogen (secondary N) is 1. The maximum absolute atomic E-state index is 13.5. The molecule has 1 saturated carbocycles. The first-order valence-corrected chi connectivity index (χ1v) is 9.35. The Kier molecular flexibility index (Phi) is 5.82. The van der Waals surface area contributed by atoms with E-state index in [0.717, 1.165) is 0 Å². The van der Waals surface area contributed by atoms with Crippen LogP contribution in [0, 0.1) is 0 Å². The van der Waals surface area contributed by atoms with Gasteiger partial charge in [-0.3, -0.25) is 4.98 Å². The van der Waals surface area contributed by atoms with E-state index in [-0.39, 0.29) is 12.8 Å². The molecule has 136 valence electrons. The summed E-state index contributed by atoms with van der Waals surface area (Å²) in [5.74, 6) is -2.78. The fraction of sp³-hybridized carbons (Fsp3) is 0.688. The van der Waals surface area contributed by atoms with Crippen LogP contribution in [0.1, 0.15) is 58.2 Å². The Bertz CT molecular complexity index is 573. The molecular formula is C16H23ClF2N2O2S. The minimum absolute atomic E-state index is 0.104. The van der Waals surface area contributed by atoms with Crippen LogP contribution < -0.4 is 4.72 Å². The molecule has 0 radical (unpaired) electrons. The monoisotopic (exact) mass is 380 g/mol. The van der Waals surface area contributed by atoms with Gasteiger partial charge in [-0.1, -0.05) is 11.6 Å². The van der Waals surface area contributed by atoms with E-state index in [9.17, 15) is 18.4 Å². The van der Waals surface area contributed by atoms with Gasteiger partial charge in [0.15, 0.2) is 0 Å². The zero-order chi connectivity index (χ0) is 18.2. The van der Waals surface area contributed by atoms with E-state index in [1.165, 1.54) is 6.20 Å². The van der Waals surface area contributed by atoms with Crippen molar-refractivity contribution >= 4 is 23.0 Å². The van der Waals surface area contributed by atoms with Crippen molar-refractivity contribution in [2.75, 3.05) is 0 Å². The number of aliphatic hydroxyl groups is 1. The molecule has 0 aliphatic heterocycles. The Labute approximate surface area is 149 Å². The van der Waals surface area contributed by atoms with E-state index < -0.39 is 46.5 Å². The highest BCUT2D eigenvalue weighted by atomic mass is 35.5. The molecule has 1 unspecified atom stereocenters. The molecule has 2 N–H and O–H groups in total. The number of hydrogen-bond donors (Lipinski definition) is 2. The molecular weight excluding hydrogens is 358 g/mol. The number of rotatable bonds is 4. The second-order valence-corrected chi connectivity index (χ2v) is 9.72. The van der Waals surface area contributed by atoms with E-state index in [1.807, 2.05) is 0 Å². The molecule has 1 fully saturated rings. The highest BCUT2D eigenvalue weighted by Gasteiger charge is 2.49. The molecule has 4 nitrogen and oxygen atoms in total. The van der Waals surface area contributed by atoms with Crippen molar-refractivity contribution in [3.63, 3.8) is 0 Å². The standard InChI is InChI=1S/C16H23ClF2N2O2S/c1-14(2,3)24(23)21-13(12-10-11(17)4-9-20-12)15(22)5-7-16(18,19)8-6-15/h4,9-10,13,21-22H,5-8H2,1-3H3/t13?,24-/m0/s1. The van der Waals surface area contributed by atoms with E-state index in [2.05, 4.69) is 9.71 Å². The lowest BCUT2D eigenvalue weighted by molar-refractivity contribution is -0.115. The SMILES string of the molecule is CC(C)(C)[S@+]([O-])NC(c1cc(Cl)ccn1)C1(O)CCC(F)(F)CC1. The number of alkyl halides is 2. The van der Waals surface area contributed by atoms with Gasteiger partial charge in [-0.2, -0.15) is 0 Å². The van der Waals surface area contributed by atoms with Crippen molar-refractivity contribution < 1.29 is 18.4 Å². The van der Waals surface area contributed by atoms with Crippen molar-refractivity contribution in [2.45, 2.75) is 68.8 Å². The van der Waals surface area contributed by atoms with Crippen LogP contribution in [0.2, 0.25) is 5.02 Å². The summed E-state index contributed by atoms with van der Waals surface area (Å²) in [7, 11) is 0. The van der Waals surface area contributed by atoms with Crippen LogP contribution in [0.4, 0.5) is 8.78 Å². The summed E-state index contributed by atoms with van der Waals surface area (Å²) in [6.07, 6.45) is 0.447. The molecule has 0 amide bonds. The minimum atomic E-state index is -2.78. The maximum atomic E-state index is 13.5. The molecule has 8 heteroatoms. The Morgan fingerprint density at radius 3 is 2.42 bits per heavy atom. The van der Waals surface area contributed by atoms with Gasteiger partial charge in [0.1, 0.15) is 10.8 Å². The van der Waals surface area contributed by atoms with Crippen LogP contribution in [0.15, 0.2) is 18.3 Å². The minimum Gasteiger partial charge on any atom is -0.598 e. The second-order valence-electron chi connectivity index (χ2n) is 7.29. The molecule has 1 aromatic rings. The molecule has 0 aromatic carbocycles. The largest absolute Gasteiger partial charge is 0.598 e. The molecule has 0 saturated heterocycles. The topological polar surface area (TPSA) is 68.2 Å². The summed E-state index contributed by atoms with van der Waals surface area (Å²) in [6.45, 7) is 5.37. The number of pyridine rings is 1. The van der Waals surface area contributed by atoms with Gasteiger partial charge in [0.2, 0.25) is 5.92 Å². The molecule has 1 aromatic heterocycles. The summed E-state index contributed by atoms with van der Waals surface area (Å²) in [4.78, 5) is 4.20. The van der Waals surface area contributed by atoms with Crippen LogP contribution >= 0.6 is 11.6 Å². The van der Waals surface area contributed by atoms with Crippen LogP contribution in [0.25, 0.3) is 0 Å². The van der Waals surface area contributed by atoms with Crippen molar-refractivity contribution in [2.24, 2.45) is 0 Å². The number of nitrogens with zero attached hydrogens (tertiary/aromatic N) is 1. The van der Waals surface area contributed by atoms with Crippen molar-refractivity contribution in [1.82, 2.24) is 9.71 Å². The van der Waals surface area contributed by atoms with E-state index in [0.29, 0.717) is 10.7 Å². The van der Waals surface area contributed by atoms with Crippen LogP contribution in [0.5, 0.6) is 0 Å². The summed E-state index contributed by atoms with van der Waals surface area (Å²) in [5, 5.41) is 11.4. The third-order valence-corrected chi connectivity index (χ3v) is 6.00. The number of hydrogen-bond acceptors (Lipinski definition) is 4. The Morgan fingerprint density at radius 2 is 1.92 bits per heavy atom. The van der Waals surface area contributed by atoms with Gasteiger partial charge in [0.05, 0.1) is 11.3 Å². The highest BCUT2D eigenvalue weighted by Crippen LogP contribution is 2.44. The lowest BCUT2D eigenvalue weighted by Gasteiger charge is -2.42. The first-order valence-electron chi connectivity index (χ1n) is 7.83. The molecule has 1 heterocycles. The zero-order valence-electron chi connectivity index (χ0n) is 14.0. The predicted molar refractivity (Wildman–Crippen MR) is 91.4 cm³/mol. The normalized spacial score (nSPS) is 22.8. The molecule has 0 bridgehead atoms. The Morgan fingerprint density at radius 1 is 1.33 bits per heavy atom. The maximum Gasteiger partial charge on any atom is 0.248 e. The molecule has 2 atom stereocenters. The Balaban J connectivity index is 2.32. The molecule has 0 spiro atoms. The summed E-state index contributed by atoms with van der Waals surface area (Å²) >= 11 is 4.50. The lowest BCUT2D eigenvalue weighted by Crippen LogP contribution is -2.52. The second kappa shape index (κ2) is 7.03. The Hall–Kier alpha value is -0.470. The average molecular weight is 381 g/mol. The number of aromatic nitrogens is 1. The van der Waals surface area contributed by atoms with Crippen molar-refractivity contribution in [3.05, 3.63) is 29.0 Å². The van der Waals surface area contributed by atoms with Gasteiger partial charge in [0.25, 0.3) is 0 Å². The van der Waals surface area contributed by atoms with E-state index >= 15 is 0 Å².